The van der Waals surface area contributed by atoms with Crippen LogP contribution < -0.4 is 11.1 Å². The summed E-state index contributed by atoms with van der Waals surface area (Å²) in [7, 11) is 0. The van der Waals surface area contributed by atoms with Crippen molar-refractivity contribution in [3.63, 3.8) is 0 Å². The Morgan fingerprint density at radius 1 is 1.11 bits per heavy atom. The van der Waals surface area contributed by atoms with Gasteiger partial charge in [0.25, 0.3) is 0 Å². The van der Waals surface area contributed by atoms with E-state index >= 15 is 0 Å². The Bertz CT molecular complexity index is 944. The van der Waals surface area contributed by atoms with Crippen LogP contribution in [0.2, 0.25) is 0 Å². The number of rotatable bonds is 3. The summed E-state index contributed by atoms with van der Waals surface area (Å²) in [6, 6.07) is 6.11. The van der Waals surface area contributed by atoms with E-state index in [4.69, 9.17) is 5.73 Å². The highest BCUT2D eigenvalue weighted by atomic mass is 19.4. The van der Waals surface area contributed by atoms with Gasteiger partial charge in [0, 0.05) is 23.7 Å². The van der Waals surface area contributed by atoms with E-state index in [1.807, 2.05) is 0 Å². The Balaban J connectivity index is 1.74. The maximum absolute atomic E-state index is 13.5. The highest BCUT2D eigenvalue weighted by Gasteiger charge is 2.36. The molecule has 1 saturated carbocycles. The molecule has 0 aliphatic heterocycles. The molecular weight excluding hydrogens is 357 g/mol. The van der Waals surface area contributed by atoms with Crippen LogP contribution in [0.1, 0.15) is 31.2 Å². The van der Waals surface area contributed by atoms with Gasteiger partial charge in [0.15, 0.2) is 5.65 Å². The minimum absolute atomic E-state index is 0.155. The van der Waals surface area contributed by atoms with Gasteiger partial charge in [0.05, 0.1) is 11.3 Å². The van der Waals surface area contributed by atoms with Crippen molar-refractivity contribution in [2.24, 2.45) is 5.73 Å². The second kappa shape index (κ2) is 6.80. The van der Waals surface area contributed by atoms with E-state index in [0.29, 0.717) is 16.9 Å². The number of H-pyrrole nitrogens is 1. The summed E-state index contributed by atoms with van der Waals surface area (Å²) >= 11 is 0. The summed E-state index contributed by atoms with van der Waals surface area (Å²) in [6.45, 7) is 0. The van der Waals surface area contributed by atoms with Gasteiger partial charge in [-0.1, -0.05) is 0 Å². The van der Waals surface area contributed by atoms with E-state index in [2.05, 4.69) is 25.5 Å². The average molecular weight is 376 g/mol. The first-order valence-electron chi connectivity index (χ1n) is 8.81. The topological polar surface area (TPSA) is 92.5 Å². The zero-order valence-corrected chi connectivity index (χ0v) is 14.4. The van der Waals surface area contributed by atoms with E-state index in [0.717, 1.165) is 31.7 Å². The number of pyridine rings is 2. The van der Waals surface area contributed by atoms with Crippen molar-refractivity contribution in [1.82, 2.24) is 20.2 Å². The first-order chi connectivity index (χ1) is 12.9. The Morgan fingerprint density at radius 3 is 2.63 bits per heavy atom. The van der Waals surface area contributed by atoms with Gasteiger partial charge in [-0.25, -0.2) is 9.97 Å². The van der Waals surface area contributed by atoms with Gasteiger partial charge in [0.2, 0.25) is 0 Å². The van der Waals surface area contributed by atoms with E-state index in [1.54, 1.807) is 12.1 Å². The molecule has 1 aliphatic carbocycles. The molecule has 0 amide bonds. The zero-order chi connectivity index (χ0) is 19.0. The van der Waals surface area contributed by atoms with Crippen LogP contribution in [0.25, 0.3) is 22.4 Å². The first kappa shape index (κ1) is 17.7. The van der Waals surface area contributed by atoms with E-state index in [9.17, 15) is 13.2 Å². The van der Waals surface area contributed by atoms with Crippen molar-refractivity contribution < 1.29 is 13.2 Å². The molecule has 3 heterocycles. The van der Waals surface area contributed by atoms with Crippen LogP contribution in [0, 0.1) is 0 Å². The van der Waals surface area contributed by atoms with E-state index in [-0.39, 0.29) is 23.5 Å². The van der Waals surface area contributed by atoms with Gasteiger partial charge < -0.3 is 11.1 Å². The molecule has 3 aromatic heterocycles. The highest BCUT2D eigenvalue weighted by Crippen LogP contribution is 2.38. The lowest BCUT2D eigenvalue weighted by Gasteiger charge is -2.27. The monoisotopic (exact) mass is 376 g/mol. The Kier molecular flexibility index (Phi) is 4.47. The fourth-order valence-corrected chi connectivity index (χ4v) is 3.46. The van der Waals surface area contributed by atoms with Crippen LogP contribution >= 0.6 is 0 Å². The average Bonchev–Trinajstić information content (AvgIpc) is 3.07. The van der Waals surface area contributed by atoms with Crippen molar-refractivity contribution in [2.45, 2.75) is 43.9 Å². The van der Waals surface area contributed by atoms with Crippen LogP contribution in [-0.2, 0) is 6.18 Å². The predicted octanol–water partition coefficient (Wildman–Crippen LogP) is 3.72. The van der Waals surface area contributed by atoms with Crippen LogP contribution in [0.5, 0.6) is 0 Å². The highest BCUT2D eigenvalue weighted by molar-refractivity contribution is 5.90. The molecule has 0 atom stereocenters. The number of aromatic amines is 1. The van der Waals surface area contributed by atoms with Crippen molar-refractivity contribution in [3.8, 4) is 11.4 Å². The van der Waals surface area contributed by atoms with Crippen LogP contribution in [-0.4, -0.2) is 32.2 Å². The number of nitrogens with one attached hydrogen (secondary N) is 2. The number of hydrogen-bond donors (Lipinski definition) is 3. The lowest BCUT2D eigenvalue weighted by atomic mass is 9.92. The van der Waals surface area contributed by atoms with Crippen molar-refractivity contribution in [2.75, 3.05) is 5.32 Å². The van der Waals surface area contributed by atoms with E-state index in [1.165, 1.54) is 12.3 Å². The van der Waals surface area contributed by atoms with Crippen LogP contribution in [0.4, 0.5) is 19.0 Å². The summed E-state index contributed by atoms with van der Waals surface area (Å²) in [5, 5.41) is 10.4. The summed E-state index contributed by atoms with van der Waals surface area (Å²) < 4.78 is 40.6. The van der Waals surface area contributed by atoms with Crippen LogP contribution in [0.3, 0.4) is 0 Å². The third-order valence-electron chi connectivity index (χ3n) is 4.89. The lowest BCUT2D eigenvalue weighted by Crippen LogP contribution is -2.33. The quantitative estimate of drug-likeness (QED) is 0.648. The van der Waals surface area contributed by atoms with E-state index < -0.39 is 11.7 Å². The maximum Gasteiger partial charge on any atom is 0.418 e. The van der Waals surface area contributed by atoms with Gasteiger partial charge in [-0.2, -0.15) is 18.3 Å². The molecular formula is C18H19F3N6. The standard InChI is InChI=1S/C18H19F3N6/c19-18(20,21)13-7-8-14(24-11-5-3-10(22)4-6-11)25-16(13)15-12-2-1-9-23-17(12)27-26-15/h1-2,7-11H,3-6,22H2,(H,24,25)(H,23,26,27). The number of anilines is 1. The molecule has 1 aliphatic rings. The number of fused-ring (bicyclic) bond motifs is 1. The number of hydrogen-bond acceptors (Lipinski definition) is 5. The SMILES string of the molecule is NC1CCC(Nc2ccc(C(F)(F)F)c(-c3[nH]nc4ncccc34)n2)CC1. The fourth-order valence-electron chi connectivity index (χ4n) is 3.46. The number of halogens is 3. The van der Waals surface area contributed by atoms with Gasteiger partial charge in [-0.3, -0.25) is 5.10 Å². The van der Waals surface area contributed by atoms with Crippen molar-refractivity contribution in [1.29, 1.82) is 0 Å². The normalized spacial score (nSPS) is 20.7. The molecule has 0 spiro atoms. The van der Waals surface area contributed by atoms with Gasteiger partial charge in [0.1, 0.15) is 11.5 Å². The largest absolute Gasteiger partial charge is 0.418 e. The van der Waals surface area contributed by atoms with Crippen molar-refractivity contribution >= 4 is 16.9 Å². The maximum atomic E-state index is 13.5. The number of aromatic nitrogens is 4. The summed E-state index contributed by atoms with van der Waals surface area (Å²) in [5.74, 6) is 0.408. The van der Waals surface area contributed by atoms with Gasteiger partial charge in [-0.15, -0.1) is 0 Å². The van der Waals surface area contributed by atoms with Gasteiger partial charge in [-0.05, 0) is 49.9 Å². The molecule has 0 radical (unpaired) electrons. The molecule has 9 heteroatoms. The Hall–Kier alpha value is -2.68. The van der Waals surface area contributed by atoms with Crippen molar-refractivity contribution in [3.05, 3.63) is 36.0 Å². The molecule has 27 heavy (non-hydrogen) atoms. The Morgan fingerprint density at radius 2 is 1.89 bits per heavy atom. The molecule has 0 aromatic carbocycles. The molecule has 3 aromatic rings. The smallest absolute Gasteiger partial charge is 0.367 e. The molecule has 4 N–H and O–H groups in total. The zero-order valence-electron chi connectivity index (χ0n) is 14.4. The molecule has 6 nitrogen and oxygen atoms in total. The predicted molar refractivity (Wildman–Crippen MR) is 96.0 cm³/mol. The molecule has 0 saturated heterocycles. The minimum atomic E-state index is -4.53. The Labute approximate surface area is 153 Å². The third-order valence-corrected chi connectivity index (χ3v) is 4.89. The number of alkyl halides is 3. The third kappa shape index (κ3) is 3.59. The lowest BCUT2D eigenvalue weighted by molar-refractivity contribution is -0.137. The first-order valence-corrected chi connectivity index (χ1v) is 8.81. The minimum Gasteiger partial charge on any atom is -0.367 e. The second-order valence-corrected chi connectivity index (χ2v) is 6.82. The fraction of sp³-hybridized carbons (Fsp3) is 0.389. The van der Waals surface area contributed by atoms with Crippen LogP contribution in [0.15, 0.2) is 30.5 Å². The molecule has 0 unspecified atom stereocenters. The second-order valence-electron chi connectivity index (χ2n) is 6.82. The number of nitrogens with two attached hydrogens (primary N) is 1. The van der Waals surface area contributed by atoms with Gasteiger partial charge >= 0.3 is 6.18 Å². The molecule has 0 bridgehead atoms. The summed E-state index contributed by atoms with van der Waals surface area (Å²) in [6.07, 6.45) is 0.533. The molecule has 142 valence electrons. The summed E-state index contributed by atoms with van der Waals surface area (Å²) in [4.78, 5) is 8.35. The molecule has 4 rings (SSSR count). The molecule has 1 fully saturated rings. The summed E-state index contributed by atoms with van der Waals surface area (Å²) in [5.41, 5.74) is 5.47. The number of nitrogens with zero attached hydrogens (tertiary/aromatic N) is 3.